The zero-order chi connectivity index (χ0) is 14.1. The van der Waals surface area contributed by atoms with Gasteiger partial charge in [0.15, 0.2) is 0 Å². The number of phosphoric acid groups is 1. The second kappa shape index (κ2) is 5.73. The summed E-state index contributed by atoms with van der Waals surface area (Å²) < 4.78 is 36.3. The molecule has 1 saturated heterocycles. The monoisotopic (exact) mass is 302 g/mol. The Kier molecular flexibility index (Phi) is 5.20. The van der Waals surface area contributed by atoms with E-state index in [0.29, 0.717) is 0 Å². The number of hydrogen-bond acceptors (Lipinski definition) is 6. The average molecular weight is 302 g/mol. The van der Waals surface area contributed by atoms with Gasteiger partial charge in [-0.25, -0.2) is 8.88 Å². The predicted octanol–water partition coefficient (Wildman–Crippen LogP) is -0.710. The summed E-state index contributed by atoms with van der Waals surface area (Å²) in [7, 11) is -6.98. The molecule has 1 heterocycles. The van der Waals surface area contributed by atoms with Crippen molar-refractivity contribution in [3.63, 3.8) is 0 Å². The van der Waals surface area contributed by atoms with Crippen molar-refractivity contribution in [1.82, 2.24) is 0 Å². The lowest BCUT2D eigenvalue weighted by Crippen LogP contribution is -2.29. The highest BCUT2D eigenvalue weighted by molar-refractivity contribution is 7.63. The fraction of sp³-hybridized carbons (Fsp3) is 1.00. The summed E-state index contributed by atoms with van der Waals surface area (Å²) in [5.41, 5.74) is 0. The summed E-state index contributed by atoms with van der Waals surface area (Å²) in [5.74, 6) is -0.0995. The molecule has 0 bridgehead atoms. The Labute approximate surface area is 106 Å². The Morgan fingerprint density at radius 2 is 1.94 bits per heavy atom. The van der Waals surface area contributed by atoms with Crippen molar-refractivity contribution in [2.75, 3.05) is 13.3 Å². The quantitative estimate of drug-likeness (QED) is 0.449. The second-order valence-corrected chi connectivity index (χ2v) is 7.80. The zero-order valence-electron chi connectivity index (χ0n) is 10.3. The van der Waals surface area contributed by atoms with E-state index in [1.165, 1.54) is 0 Å². The molecule has 0 aliphatic carbocycles. The Hall–Kier alpha value is 0.285. The molecule has 5 atom stereocenters. The minimum atomic E-state index is -4.88. The summed E-state index contributed by atoms with van der Waals surface area (Å²) in [6.45, 7) is 2.48. The molecule has 0 spiro atoms. The summed E-state index contributed by atoms with van der Waals surface area (Å²) in [5, 5.41) is 9.77. The molecule has 8 nitrogen and oxygen atoms in total. The van der Waals surface area contributed by atoms with Gasteiger partial charge in [-0.05, 0) is 0 Å². The molecule has 0 aromatic carbocycles. The van der Waals surface area contributed by atoms with E-state index in [9.17, 15) is 14.2 Å². The van der Waals surface area contributed by atoms with Crippen LogP contribution >= 0.6 is 15.4 Å². The van der Waals surface area contributed by atoms with Crippen LogP contribution in [0.5, 0.6) is 0 Å². The summed E-state index contributed by atoms with van der Waals surface area (Å²) in [6.07, 6.45) is -1.47. The van der Waals surface area contributed by atoms with Crippen LogP contribution in [0, 0.1) is 5.92 Å². The molecule has 0 amide bonds. The van der Waals surface area contributed by atoms with Crippen LogP contribution in [0.4, 0.5) is 0 Å². The highest BCUT2D eigenvalue weighted by Gasteiger charge is 2.40. The van der Waals surface area contributed by atoms with E-state index in [1.54, 1.807) is 14.8 Å². The van der Waals surface area contributed by atoms with Crippen LogP contribution in [-0.4, -0.2) is 54.2 Å². The highest BCUT2D eigenvalue weighted by Crippen LogP contribution is 2.58. The largest absolute Gasteiger partial charge is 0.476 e. The maximum atomic E-state index is 11.6. The van der Waals surface area contributed by atoms with Gasteiger partial charge < -0.3 is 24.2 Å². The standard InChI is InChI=1S/C7H17BO8P2/c1-4-6(9)5(15-7(4)8)3-14-17(2,10)16-18(11,12)13/h4-7,9H,3,8H2,1-2H3,(H2,11,12,13)/t4-,5-,6+,7-,17?/m1/s1. The fourth-order valence-electron chi connectivity index (χ4n) is 1.66. The van der Waals surface area contributed by atoms with Gasteiger partial charge in [-0.3, -0.25) is 4.57 Å². The maximum absolute atomic E-state index is 11.6. The minimum Gasteiger partial charge on any atom is -0.390 e. The van der Waals surface area contributed by atoms with Gasteiger partial charge in [0.05, 0.1) is 12.7 Å². The van der Waals surface area contributed by atoms with Crippen molar-refractivity contribution in [3.05, 3.63) is 0 Å². The molecular formula is C7H17BO8P2. The summed E-state index contributed by atoms with van der Waals surface area (Å²) in [6, 6.07) is -0.174. The molecule has 3 N–H and O–H groups in total. The van der Waals surface area contributed by atoms with Crippen LogP contribution < -0.4 is 0 Å². The molecular weight excluding hydrogens is 285 g/mol. The molecule has 1 aliphatic rings. The molecule has 0 radical (unpaired) electrons. The first-order chi connectivity index (χ1) is 8.02. The SMILES string of the molecule is B[C@@H]1O[C@H](COP(C)(=O)OP(=O)(O)O)[C@@H](O)[C@H]1C. The smallest absolute Gasteiger partial charge is 0.390 e. The molecule has 1 rings (SSSR count). The van der Waals surface area contributed by atoms with Crippen LogP contribution in [0.3, 0.4) is 0 Å². The zero-order valence-corrected chi connectivity index (χ0v) is 12.1. The Morgan fingerprint density at radius 1 is 1.39 bits per heavy atom. The number of aliphatic hydroxyl groups is 1. The lowest BCUT2D eigenvalue weighted by atomic mass is 9.86. The van der Waals surface area contributed by atoms with E-state index in [0.717, 1.165) is 6.66 Å². The van der Waals surface area contributed by atoms with Crippen molar-refractivity contribution in [3.8, 4) is 0 Å². The van der Waals surface area contributed by atoms with Gasteiger partial charge >= 0.3 is 15.4 Å². The molecule has 11 heteroatoms. The third-order valence-electron chi connectivity index (χ3n) is 2.78. The first-order valence-electron chi connectivity index (χ1n) is 5.34. The Morgan fingerprint density at radius 3 is 2.33 bits per heavy atom. The first kappa shape index (κ1) is 16.3. The van der Waals surface area contributed by atoms with Gasteiger partial charge in [0, 0.05) is 18.6 Å². The van der Waals surface area contributed by atoms with Gasteiger partial charge in [0.1, 0.15) is 14.0 Å². The van der Waals surface area contributed by atoms with Crippen LogP contribution in [0.25, 0.3) is 0 Å². The van der Waals surface area contributed by atoms with E-state index < -0.39 is 27.6 Å². The Balaban J connectivity index is 2.51. The van der Waals surface area contributed by atoms with Gasteiger partial charge in [-0.15, -0.1) is 0 Å². The Bertz CT molecular complexity index is 384. The second-order valence-electron chi connectivity index (χ2n) is 4.37. The average Bonchev–Trinajstić information content (AvgIpc) is 2.39. The summed E-state index contributed by atoms with van der Waals surface area (Å²) in [4.78, 5) is 17.1. The molecule has 0 aromatic rings. The van der Waals surface area contributed by atoms with Crippen LogP contribution in [0.15, 0.2) is 0 Å². The lowest BCUT2D eigenvalue weighted by Gasteiger charge is -2.19. The van der Waals surface area contributed by atoms with E-state index in [2.05, 4.69) is 4.31 Å². The van der Waals surface area contributed by atoms with Crippen molar-refractivity contribution in [2.45, 2.75) is 25.1 Å². The van der Waals surface area contributed by atoms with E-state index in [1.807, 2.05) is 0 Å². The number of rotatable bonds is 5. The minimum absolute atomic E-state index is 0.0995. The van der Waals surface area contributed by atoms with Crippen molar-refractivity contribution in [2.24, 2.45) is 5.92 Å². The molecule has 1 unspecified atom stereocenters. The third-order valence-corrected chi connectivity index (χ3v) is 5.43. The van der Waals surface area contributed by atoms with E-state index >= 15 is 0 Å². The van der Waals surface area contributed by atoms with Crippen molar-refractivity contribution in [1.29, 1.82) is 0 Å². The van der Waals surface area contributed by atoms with Crippen LogP contribution in [0.2, 0.25) is 0 Å². The number of aliphatic hydroxyl groups excluding tert-OH is 1. The van der Waals surface area contributed by atoms with Crippen LogP contribution in [-0.2, 0) is 22.7 Å². The first-order valence-corrected chi connectivity index (χ1v) is 8.86. The fourth-order valence-corrected chi connectivity index (χ4v) is 3.81. The summed E-state index contributed by atoms with van der Waals surface area (Å²) >= 11 is 0. The normalized spacial score (nSPS) is 36.5. The van der Waals surface area contributed by atoms with Crippen molar-refractivity contribution < 1.29 is 37.6 Å². The molecule has 106 valence electrons. The predicted molar refractivity (Wildman–Crippen MR) is 65.0 cm³/mol. The lowest BCUT2D eigenvalue weighted by molar-refractivity contribution is -0.000219. The van der Waals surface area contributed by atoms with Gasteiger partial charge in [-0.2, -0.15) is 0 Å². The molecule has 18 heavy (non-hydrogen) atoms. The third kappa shape index (κ3) is 4.76. The molecule has 1 fully saturated rings. The topological polar surface area (TPSA) is 123 Å². The molecule has 0 aromatic heterocycles. The number of ether oxygens (including phenoxy) is 1. The van der Waals surface area contributed by atoms with Gasteiger partial charge in [0.25, 0.3) is 0 Å². The molecule has 0 saturated carbocycles. The van der Waals surface area contributed by atoms with Gasteiger partial charge in [0.2, 0.25) is 0 Å². The highest BCUT2D eigenvalue weighted by atomic mass is 31.3. The maximum Gasteiger partial charge on any atom is 0.476 e. The van der Waals surface area contributed by atoms with Gasteiger partial charge in [-0.1, -0.05) is 6.92 Å². The van der Waals surface area contributed by atoms with Crippen molar-refractivity contribution >= 4 is 23.3 Å². The number of hydrogen-bond donors (Lipinski definition) is 3. The van der Waals surface area contributed by atoms with Crippen LogP contribution in [0.1, 0.15) is 6.92 Å². The molecule has 1 aliphatic heterocycles. The van der Waals surface area contributed by atoms with E-state index in [4.69, 9.17) is 19.0 Å². The van der Waals surface area contributed by atoms with E-state index in [-0.39, 0.29) is 18.5 Å².